The first-order valence-electron chi connectivity index (χ1n) is 9.66. The van der Waals surface area contributed by atoms with E-state index >= 15 is 0 Å². The summed E-state index contributed by atoms with van der Waals surface area (Å²) in [6.45, 7) is 3.70. The molecule has 1 N–H and O–H groups in total. The van der Waals surface area contributed by atoms with Crippen LogP contribution in [0.2, 0.25) is 0 Å². The number of methoxy groups -OCH3 is 1. The van der Waals surface area contributed by atoms with E-state index in [1.54, 1.807) is 38.4 Å². The van der Waals surface area contributed by atoms with Gasteiger partial charge in [-0.15, -0.1) is 24.0 Å². The van der Waals surface area contributed by atoms with Gasteiger partial charge in [0.05, 0.1) is 17.8 Å². The van der Waals surface area contributed by atoms with Crippen molar-refractivity contribution < 1.29 is 13.2 Å². The van der Waals surface area contributed by atoms with E-state index < -0.39 is 9.84 Å². The quantitative estimate of drug-likeness (QED) is 0.343. The molecule has 164 valence electrons. The zero-order valence-electron chi connectivity index (χ0n) is 17.3. The van der Waals surface area contributed by atoms with Gasteiger partial charge in [0, 0.05) is 45.5 Å². The topological polar surface area (TPSA) is 74.2 Å². The first-order valence-corrected chi connectivity index (χ1v) is 11.3. The van der Waals surface area contributed by atoms with Gasteiger partial charge in [0.15, 0.2) is 15.8 Å². The number of nitrogens with zero attached hydrogens (tertiary/aromatic N) is 3. The Morgan fingerprint density at radius 3 is 2.23 bits per heavy atom. The van der Waals surface area contributed by atoms with E-state index in [1.807, 2.05) is 18.2 Å². The van der Waals surface area contributed by atoms with Crippen LogP contribution in [0.5, 0.6) is 5.75 Å². The van der Waals surface area contributed by atoms with Crippen LogP contribution in [-0.4, -0.2) is 71.9 Å². The lowest BCUT2D eigenvalue weighted by atomic mass is 10.2. The molecule has 0 radical (unpaired) electrons. The average Bonchev–Trinajstić information content (AvgIpc) is 2.77. The van der Waals surface area contributed by atoms with Crippen LogP contribution in [0.4, 0.5) is 5.69 Å². The van der Waals surface area contributed by atoms with E-state index in [4.69, 9.17) is 4.74 Å². The first kappa shape index (κ1) is 24.3. The molecule has 30 heavy (non-hydrogen) atoms. The molecule has 1 aliphatic heterocycles. The number of sulfone groups is 1. The second-order valence-electron chi connectivity index (χ2n) is 6.78. The van der Waals surface area contributed by atoms with E-state index in [0.717, 1.165) is 37.9 Å². The monoisotopic (exact) mass is 544 g/mol. The minimum absolute atomic E-state index is 0. The number of piperazine rings is 1. The Kier molecular flexibility index (Phi) is 9.22. The Balaban J connectivity index is 0.00000320. The third kappa shape index (κ3) is 6.24. The fraction of sp³-hybridized carbons (Fsp3) is 0.381. The number of nitrogens with one attached hydrogen (secondary N) is 1. The molecule has 0 spiro atoms. The highest BCUT2D eigenvalue weighted by Crippen LogP contribution is 2.20. The molecule has 0 atom stereocenters. The van der Waals surface area contributed by atoms with Crippen molar-refractivity contribution in [3.63, 3.8) is 0 Å². The minimum atomic E-state index is -3.30. The molecule has 1 saturated heterocycles. The molecule has 0 aliphatic carbocycles. The van der Waals surface area contributed by atoms with Gasteiger partial charge in [-0.3, -0.25) is 4.99 Å². The number of aliphatic imine (C=N–C) groups is 1. The smallest absolute Gasteiger partial charge is 0.193 e. The van der Waals surface area contributed by atoms with Crippen molar-refractivity contribution in [3.05, 3.63) is 54.6 Å². The van der Waals surface area contributed by atoms with Gasteiger partial charge in [0.2, 0.25) is 0 Å². The number of rotatable bonds is 6. The van der Waals surface area contributed by atoms with Crippen LogP contribution in [-0.2, 0) is 9.84 Å². The van der Waals surface area contributed by atoms with E-state index in [9.17, 15) is 8.42 Å². The molecule has 0 bridgehead atoms. The molecule has 0 aromatic heterocycles. The maximum absolute atomic E-state index is 12.4. The van der Waals surface area contributed by atoms with Gasteiger partial charge in [-0.1, -0.05) is 18.2 Å². The van der Waals surface area contributed by atoms with Crippen molar-refractivity contribution in [2.24, 2.45) is 4.99 Å². The summed E-state index contributed by atoms with van der Waals surface area (Å²) in [7, 11) is 0.0903. The molecule has 3 rings (SSSR count). The van der Waals surface area contributed by atoms with E-state index in [-0.39, 0.29) is 29.7 Å². The molecule has 7 nitrogen and oxygen atoms in total. The normalized spacial score (nSPS) is 14.8. The fourth-order valence-corrected chi connectivity index (χ4v) is 4.52. The molecule has 2 aromatic rings. The maximum Gasteiger partial charge on any atom is 0.193 e. The highest BCUT2D eigenvalue weighted by molar-refractivity contribution is 14.0. The van der Waals surface area contributed by atoms with E-state index in [1.165, 1.54) is 5.69 Å². The van der Waals surface area contributed by atoms with Crippen molar-refractivity contribution in [2.45, 2.75) is 4.90 Å². The van der Waals surface area contributed by atoms with Gasteiger partial charge in [-0.05, 0) is 36.4 Å². The summed E-state index contributed by atoms with van der Waals surface area (Å²) < 4.78 is 30.0. The summed E-state index contributed by atoms with van der Waals surface area (Å²) in [5, 5.41) is 3.20. The van der Waals surface area contributed by atoms with Gasteiger partial charge in [0.1, 0.15) is 5.75 Å². The number of hydrogen-bond acceptors (Lipinski definition) is 5. The van der Waals surface area contributed by atoms with Crippen molar-refractivity contribution in [2.75, 3.05) is 57.5 Å². The highest BCUT2D eigenvalue weighted by Gasteiger charge is 2.20. The van der Waals surface area contributed by atoms with Gasteiger partial charge < -0.3 is 19.9 Å². The summed E-state index contributed by atoms with van der Waals surface area (Å²) in [5.41, 5.74) is 1.17. The molecule has 0 amide bonds. The second kappa shape index (κ2) is 11.4. The Bertz CT molecular complexity index is 913. The second-order valence-corrected chi connectivity index (χ2v) is 8.89. The zero-order chi connectivity index (χ0) is 20.7. The lowest BCUT2D eigenvalue weighted by molar-refractivity contribution is 0.373. The van der Waals surface area contributed by atoms with Crippen molar-refractivity contribution >= 4 is 45.5 Å². The van der Waals surface area contributed by atoms with Crippen LogP contribution in [0.15, 0.2) is 64.5 Å². The molecule has 0 saturated carbocycles. The molecule has 1 heterocycles. The predicted molar refractivity (Wildman–Crippen MR) is 132 cm³/mol. The van der Waals surface area contributed by atoms with Crippen molar-refractivity contribution in [1.29, 1.82) is 0 Å². The molecule has 1 aliphatic rings. The fourth-order valence-electron chi connectivity index (χ4n) is 3.34. The highest BCUT2D eigenvalue weighted by atomic mass is 127. The van der Waals surface area contributed by atoms with Crippen LogP contribution in [0, 0.1) is 0 Å². The molecular formula is C21H29IN4O3S. The summed E-state index contributed by atoms with van der Waals surface area (Å²) in [6, 6.07) is 16.6. The molecule has 1 fully saturated rings. The van der Waals surface area contributed by atoms with E-state index in [2.05, 4.69) is 32.2 Å². The third-order valence-electron chi connectivity index (χ3n) is 4.98. The molecule has 9 heteroatoms. The Hall–Kier alpha value is -2.01. The summed E-state index contributed by atoms with van der Waals surface area (Å²) in [4.78, 5) is 9.16. The number of halogens is 1. The average molecular weight is 544 g/mol. The largest absolute Gasteiger partial charge is 0.497 e. The molecule has 0 unspecified atom stereocenters. The van der Waals surface area contributed by atoms with Crippen LogP contribution in [0.25, 0.3) is 0 Å². The SMILES string of the molecule is CN=C(NCCS(=O)(=O)c1ccccc1)N1CCN(c2ccc(OC)cc2)CC1.I. The number of guanidine groups is 1. The minimum Gasteiger partial charge on any atom is -0.497 e. The predicted octanol–water partition coefficient (Wildman–Crippen LogP) is 2.48. The molecule has 2 aromatic carbocycles. The van der Waals surface area contributed by atoms with Gasteiger partial charge in [-0.25, -0.2) is 8.42 Å². The van der Waals surface area contributed by atoms with Crippen LogP contribution < -0.4 is 15.0 Å². The summed E-state index contributed by atoms with van der Waals surface area (Å²) in [5.74, 6) is 1.62. The first-order chi connectivity index (χ1) is 14.0. The Morgan fingerprint density at radius 1 is 1.03 bits per heavy atom. The summed E-state index contributed by atoms with van der Waals surface area (Å²) in [6.07, 6.45) is 0. The lowest BCUT2D eigenvalue weighted by Crippen LogP contribution is -2.53. The third-order valence-corrected chi connectivity index (χ3v) is 6.72. The Morgan fingerprint density at radius 2 is 1.67 bits per heavy atom. The summed E-state index contributed by atoms with van der Waals surface area (Å²) >= 11 is 0. The van der Waals surface area contributed by atoms with Crippen LogP contribution in [0.1, 0.15) is 0 Å². The van der Waals surface area contributed by atoms with Gasteiger partial charge >= 0.3 is 0 Å². The standard InChI is InChI=1S/C21H28N4O3S.HI/c1-22-21(23-12-17-29(26,27)20-6-4-3-5-7-20)25-15-13-24(14-16-25)18-8-10-19(28-2)11-9-18;/h3-11H,12-17H2,1-2H3,(H,22,23);1H. The lowest BCUT2D eigenvalue weighted by Gasteiger charge is -2.37. The van der Waals surface area contributed by atoms with Crippen LogP contribution in [0.3, 0.4) is 0 Å². The van der Waals surface area contributed by atoms with Crippen LogP contribution >= 0.6 is 24.0 Å². The zero-order valence-corrected chi connectivity index (χ0v) is 20.5. The maximum atomic E-state index is 12.4. The molecular weight excluding hydrogens is 515 g/mol. The van der Waals surface area contributed by atoms with E-state index in [0.29, 0.717) is 11.4 Å². The number of benzene rings is 2. The van der Waals surface area contributed by atoms with Gasteiger partial charge in [0.25, 0.3) is 0 Å². The van der Waals surface area contributed by atoms with Crippen molar-refractivity contribution in [1.82, 2.24) is 10.2 Å². The number of ether oxygens (including phenoxy) is 1. The van der Waals surface area contributed by atoms with Gasteiger partial charge in [-0.2, -0.15) is 0 Å². The number of anilines is 1. The number of hydrogen-bond donors (Lipinski definition) is 1. The Labute approximate surface area is 196 Å². The van der Waals surface area contributed by atoms with Crippen molar-refractivity contribution in [3.8, 4) is 5.75 Å².